The molecule has 0 aliphatic rings. The van der Waals surface area contributed by atoms with Crippen LogP contribution in [0.5, 0.6) is 5.75 Å². The van der Waals surface area contributed by atoms with Crippen LogP contribution >= 0.6 is 12.2 Å². The molecule has 9 heteroatoms. The fourth-order valence-corrected chi connectivity index (χ4v) is 3.00. The topological polar surface area (TPSA) is 88.1 Å². The number of nitrogens with one attached hydrogen (secondary N) is 2. The lowest BCUT2D eigenvalue weighted by atomic mass is 10.2. The van der Waals surface area contributed by atoms with Gasteiger partial charge >= 0.3 is 0 Å². The summed E-state index contributed by atoms with van der Waals surface area (Å²) in [6.45, 7) is 0.863. The number of benzene rings is 1. The lowest BCUT2D eigenvalue weighted by Gasteiger charge is -2.12. The number of carbonyl (C=O) groups is 1. The van der Waals surface area contributed by atoms with E-state index in [9.17, 15) is 4.79 Å². The third kappa shape index (κ3) is 5.20. The number of nitrogens with zero attached hydrogens (tertiary/aromatic N) is 4. The zero-order chi connectivity index (χ0) is 20.8. The van der Waals surface area contributed by atoms with Gasteiger partial charge in [-0.05, 0) is 48.1 Å². The van der Waals surface area contributed by atoms with Gasteiger partial charge in [-0.2, -0.15) is 5.10 Å². The maximum atomic E-state index is 12.3. The average molecular weight is 413 g/mol. The number of rotatable bonds is 8. The molecule has 0 unspecified atom stereocenters. The summed E-state index contributed by atoms with van der Waals surface area (Å²) in [5, 5.41) is 10.0. The summed E-state index contributed by atoms with van der Waals surface area (Å²) in [4.78, 5) is 18.6. The van der Waals surface area contributed by atoms with Crippen LogP contribution in [0.25, 0.3) is 11.4 Å². The number of aromatic nitrogens is 4. The molecule has 1 aromatic carbocycles. The quantitative estimate of drug-likeness (QED) is 0.553. The second-order valence-corrected chi connectivity index (χ2v) is 7.07. The molecule has 0 saturated heterocycles. The molecule has 2 N–H and O–H groups in total. The highest BCUT2D eigenvalue weighted by Gasteiger charge is 2.11. The van der Waals surface area contributed by atoms with Crippen LogP contribution in [0.4, 0.5) is 5.82 Å². The molecule has 1 amide bonds. The molecule has 0 saturated carbocycles. The van der Waals surface area contributed by atoms with E-state index in [1.54, 1.807) is 13.3 Å². The largest absolute Gasteiger partial charge is 0.497 e. The van der Waals surface area contributed by atoms with Crippen LogP contribution in [0.15, 0.2) is 42.6 Å². The molecule has 8 nitrogen and oxygen atoms in total. The normalized spacial score (nSPS) is 10.6. The highest BCUT2D eigenvalue weighted by atomic mass is 32.1. The van der Waals surface area contributed by atoms with Crippen molar-refractivity contribution in [2.24, 2.45) is 0 Å². The molecule has 0 spiro atoms. The van der Waals surface area contributed by atoms with Gasteiger partial charge in [0.1, 0.15) is 11.6 Å². The van der Waals surface area contributed by atoms with Crippen molar-refractivity contribution in [1.29, 1.82) is 0 Å². The van der Waals surface area contributed by atoms with Crippen LogP contribution in [0.3, 0.4) is 0 Å². The van der Waals surface area contributed by atoms with Gasteiger partial charge in [0.25, 0.3) is 0 Å². The molecule has 0 aliphatic carbocycles. The molecule has 3 aromatic rings. The minimum absolute atomic E-state index is 0.0644. The summed E-state index contributed by atoms with van der Waals surface area (Å²) in [6, 6.07) is 11.4. The Hall–Kier alpha value is -3.20. The number of ether oxygens (including phenoxy) is 1. The number of aromatic amines is 1. The van der Waals surface area contributed by atoms with E-state index in [0.29, 0.717) is 30.1 Å². The molecule has 0 atom stereocenters. The average Bonchev–Trinajstić information content (AvgIpc) is 3.11. The van der Waals surface area contributed by atoms with E-state index in [4.69, 9.17) is 17.0 Å². The van der Waals surface area contributed by atoms with Crippen molar-refractivity contribution in [2.75, 3.05) is 26.1 Å². The molecule has 0 bridgehead atoms. The van der Waals surface area contributed by atoms with Gasteiger partial charge in [0.2, 0.25) is 5.91 Å². The predicted molar refractivity (Wildman–Crippen MR) is 114 cm³/mol. The first-order valence-electron chi connectivity index (χ1n) is 9.16. The standard InChI is InChI=1S/C20H24N6O2S/c1-25(2)17-9-4-14(12-21-17)13-22-18(27)10-11-26-19(23-24-20(26)29)15-5-7-16(28-3)8-6-15/h4-9,12H,10-11,13H2,1-3H3,(H,22,27)(H,24,29). The molecule has 152 valence electrons. The van der Waals surface area contributed by atoms with E-state index >= 15 is 0 Å². The van der Waals surface area contributed by atoms with Gasteiger partial charge < -0.3 is 15.0 Å². The molecule has 2 aromatic heterocycles. The Morgan fingerprint density at radius 3 is 2.62 bits per heavy atom. The summed E-state index contributed by atoms with van der Waals surface area (Å²) in [6.07, 6.45) is 2.06. The molecule has 0 radical (unpaired) electrons. The van der Waals surface area contributed by atoms with Crippen molar-refractivity contribution in [2.45, 2.75) is 19.5 Å². The summed E-state index contributed by atoms with van der Waals surface area (Å²) >= 11 is 5.32. The Morgan fingerprint density at radius 1 is 1.24 bits per heavy atom. The molecule has 0 aliphatic heterocycles. The number of methoxy groups -OCH3 is 1. The highest BCUT2D eigenvalue weighted by Crippen LogP contribution is 2.21. The first-order chi connectivity index (χ1) is 14.0. The Balaban J connectivity index is 1.58. The number of H-pyrrole nitrogens is 1. The fraction of sp³-hybridized carbons (Fsp3) is 0.300. The molecular weight excluding hydrogens is 388 g/mol. The number of hydrogen-bond acceptors (Lipinski definition) is 6. The zero-order valence-corrected chi connectivity index (χ0v) is 17.5. The molecule has 0 fully saturated rings. The van der Waals surface area contributed by atoms with Crippen molar-refractivity contribution >= 4 is 23.9 Å². The van der Waals surface area contributed by atoms with Crippen LogP contribution in [0.2, 0.25) is 0 Å². The predicted octanol–water partition coefficient (Wildman–Crippen LogP) is 2.78. The highest BCUT2D eigenvalue weighted by molar-refractivity contribution is 7.71. The Kier molecular flexibility index (Phi) is 6.61. The van der Waals surface area contributed by atoms with E-state index in [-0.39, 0.29) is 5.91 Å². The Bertz CT molecular complexity index is 1010. The lowest BCUT2D eigenvalue weighted by molar-refractivity contribution is -0.121. The number of hydrogen-bond donors (Lipinski definition) is 2. The Morgan fingerprint density at radius 2 is 2.00 bits per heavy atom. The van der Waals surface area contributed by atoms with Crippen molar-refractivity contribution < 1.29 is 9.53 Å². The fourth-order valence-electron chi connectivity index (χ4n) is 2.77. The van der Waals surface area contributed by atoms with Crippen molar-refractivity contribution in [1.82, 2.24) is 25.1 Å². The van der Waals surface area contributed by atoms with Crippen molar-refractivity contribution in [3.05, 3.63) is 52.9 Å². The van der Waals surface area contributed by atoms with E-state index in [0.717, 1.165) is 22.7 Å². The van der Waals surface area contributed by atoms with Gasteiger partial charge in [-0.15, -0.1) is 0 Å². The van der Waals surface area contributed by atoms with Gasteiger partial charge in [-0.3, -0.25) is 14.5 Å². The van der Waals surface area contributed by atoms with Crippen LogP contribution in [0, 0.1) is 4.77 Å². The van der Waals surface area contributed by atoms with Gasteiger partial charge in [0.05, 0.1) is 7.11 Å². The zero-order valence-electron chi connectivity index (χ0n) is 16.7. The van der Waals surface area contributed by atoms with Gasteiger partial charge in [-0.25, -0.2) is 4.98 Å². The molecule has 3 rings (SSSR count). The van der Waals surface area contributed by atoms with Gasteiger partial charge in [0, 0.05) is 45.4 Å². The minimum atomic E-state index is -0.0644. The SMILES string of the molecule is COc1ccc(-c2n[nH]c(=S)n2CCC(=O)NCc2ccc(N(C)C)nc2)cc1. The maximum absolute atomic E-state index is 12.3. The Labute approximate surface area is 174 Å². The van der Waals surface area contributed by atoms with E-state index in [1.807, 2.05) is 60.0 Å². The first kappa shape index (κ1) is 20.5. The molecular formula is C20H24N6O2S. The maximum Gasteiger partial charge on any atom is 0.222 e. The van der Waals surface area contributed by atoms with Crippen molar-refractivity contribution in [3.63, 3.8) is 0 Å². The van der Waals surface area contributed by atoms with Gasteiger partial charge in [-0.1, -0.05) is 6.07 Å². The lowest BCUT2D eigenvalue weighted by Crippen LogP contribution is -2.24. The monoisotopic (exact) mass is 412 g/mol. The van der Waals surface area contributed by atoms with Crippen LogP contribution in [-0.2, 0) is 17.9 Å². The molecule has 2 heterocycles. The summed E-state index contributed by atoms with van der Waals surface area (Å²) < 4.78 is 7.49. The van der Waals surface area contributed by atoms with E-state index in [1.165, 1.54) is 0 Å². The van der Waals surface area contributed by atoms with Crippen molar-refractivity contribution in [3.8, 4) is 17.1 Å². The summed E-state index contributed by atoms with van der Waals surface area (Å²) in [5.74, 6) is 2.27. The third-order valence-corrected chi connectivity index (χ3v) is 4.74. The summed E-state index contributed by atoms with van der Waals surface area (Å²) in [7, 11) is 5.49. The number of anilines is 1. The smallest absolute Gasteiger partial charge is 0.222 e. The second kappa shape index (κ2) is 9.33. The first-order valence-corrected chi connectivity index (χ1v) is 9.57. The third-order valence-electron chi connectivity index (χ3n) is 4.43. The van der Waals surface area contributed by atoms with Crippen LogP contribution < -0.4 is 15.0 Å². The van der Waals surface area contributed by atoms with Gasteiger partial charge in [0.15, 0.2) is 10.6 Å². The second-order valence-electron chi connectivity index (χ2n) is 6.68. The van der Waals surface area contributed by atoms with E-state index < -0.39 is 0 Å². The summed E-state index contributed by atoms with van der Waals surface area (Å²) in [5.41, 5.74) is 1.84. The number of amides is 1. The van der Waals surface area contributed by atoms with Crippen LogP contribution in [-0.4, -0.2) is 46.9 Å². The number of pyridine rings is 1. The minimum Gasteiger partial charge on any atom is -0.497 e. The molecule has 29 heavy (non-hydrogen) atoms. The number of carbonyl (C=O) groups excluding carboxylic acids is 1. The van der Waals surface area contributed by atoms with E-state index in [2.05, 4.69) is 20.5 Å². The van der Waals surface area contributed by atoms with Crippen LogP contribution in [0.1, 0.15) is 12.0 Å².